The van der Waals surface area contributed by atoms with Crippen LogP contribution < -0.4 is 5.32 Å². The third-order valence-corrected chi connectivity index (χ3v) is 4.36. The molecule has 0 aliphatic heterocycles. The summed E-state index contributed by atoms with van der Waals surface area (Å²) < 4.78 is 1.81. The Kier molecular flexibility index (Phi) is 4.05. The van der Waals surface area contributed by atoms with Crippen LogP contribution in [-0.2, 0) is 13.5 Å². The average Bonchev–Trinajstić information content (AvgIpc) is 3.23. The van der Waals surface area contributed by atoms with Crippen molar-refractivity contribution in [2.45, 2.75) is 25.2 Å². The maximum atomic E-state index is 12.2. The topological polar surface area (TPSA) is 88.5 Å². The summed E-state index contributed by atoms with van der Waals surface area (Å²) in [6.45, 7) is 0.484. The van der Waals surface area contributed by atoms with Crippen LogP contribution in [0.25, 0.3) is 11.4 Å². The number of nitrogens with zero attached hydrogens (tertiary/aromatic N) is 4. The molecule has 0 atom stereocenters. The molecule has 1 aromatic carbocycles. The number of hydrogen-bond acceptors (Lipinski definition) is 4. The summed E-state index contributed by atoms with van der Waals surface area (Å²) in [7, 11) is 1.89. The van der Waals surface area contributed by atoms with Gasteiger partial charge in [0, 0.05) is 37.2 Å². The molecule has 2 aromatic heterocycles. The first-order chi connectivity index (χ1) is 12.2. The first-order valence-electron chi connectivity index (χ1n) is 8.49. The number of rotatable bonds is 6. The SMILES string of the molecule is Cn1nc(C(=O)NCCc2nc(-c3ccccc3)n[nH]2)cc1C1CC1. The molecule has 25 heavy (non-hydrogen) atoms. The minimum absolute atomic E-state index is 0.148. The normalized spacial score (nSPS) is 13.8. The lowest BCUT2D eigenvalue weighted by Crippen LogP contribution is -2.26. The minimum atomic E-state index is -0.148. The summed E-state index contributed by atoms with van der Waals surface area (Å²) in [6, 6.07) is 11.7. The van der Waals surface area contributed by atoms with Gasteiger partial charge in [-0.2, -0.15) is 10.2 Å². The van der Waals surface area contributed by atoms with Gasteiger partial charge >= 0.3 is 0 Å². The van der Waals surface area contributed by atoms with E-state index in [1.165, 1.54) is 12.8 Å². The van der Waals surface area contributed by atoms with Crippen molar-refractivity contribution in [1.82, 2.24) is 30.3 Å². The Morgan fingerprint density at radius 3 is 2.88 bits per heavy atom. The van der Waals surface area contributed by atoms with E-state index in [0.717, 1.165) is 17.1 Å². The van der Waals surface area contributed by atoms with Crippen molar-refractivity contribution in [3.05, 3.63) is 53.6 Å². The molecular formula is C18H20N6O. The van der Waals surface area contributed by atoms with Gasteiger partial charge in [-0.05, 0) is 18.9 Å². The molecule has 4 rings (SSSR count). The molecule has 2 heterocycles. The molecule has 0 unspecified atom stereocenters. The fourth-order valence-electron chi connectivity index (χ4n) is 2.86. The van der Waals surface area contributed by atoms with E-state index in [1.807, 2.05) is 48.1 Å². The number of aromatic amines is 1. The highest BCUT2D eigenvalue weighted by Crippen LogP contribution is 2.39. The number of amides is 1. The molecule has 128 valence electrons. The van der Waals surface area contributed by atoms with Crippen molar-refractivity contribution < 1.29 is 4.79 Å². The van der Waals surface area contributed by atoms with Crippen LogP contribution in [0.1, 0.15) is 40.8 Å². The Bertz CT molecular complexity index is 878. The molecule has 0 bridgehead atoms. The van der Waals surface area contributed by atoms with Gasteiger partial charge in [-0.15, -0.1) is 0 Å². The molecule has 3 aromatic rings. The fourth-order valence-corrected chi connectivity index (χ4v) is 2.86. The molecule has 1 aliphatic rings. The van der Waals surface area contributed by atoms with E-state index in [9.17, 15) is 4.79 Å². The van der Waals surface area contributed by atoms with Crippen LogP contribution in [0.5, 0.6) is 0 Å². The number of carbonyl (C=O) groups excluding carboxylic acids is 1. The van der Waals surface area contributed by atoms with E-state index >= 15 is 0 Å². The Hall–Kier alpha value is -2.96. The van der Waals surface area contributed by atoms with Crippen LogP contribution in [0.2, 0.25) is 0 Å². The summed E-state index contributed by atoms with van der Waals surface area (Å²) in [5, 5.41) is 14.3. The zero-order chi connectivity index (χ0) is 17.2. The number of hydrogen-bond donors (Lipinski definition) is 2. The number of H-pyrrole nitrogens is 1. The predicted molar refractivity (Wildman–Crippen MR) is 93.0 cm³/mol. The minimum Gasteiger partial charge on any atom is -0.350 e. The van der Waals surface area contributed by atoms with Crippen molar-refractivity contribution >= 4 is 5.91 Å². The Morgan fingerprint density at radius 2 is 2.12 bits per heavy atom. The third kappa shape index (κ3) is 3.45. The molecule has 1 amide bonds. The van der Waals surface area contributed by atoms with E-state index in [1.54, 1.807) is 0 Å². The second-order valence-electron chi connectivity index (χ2n) is 6.33. The van der Waals surface area contributed by atoms with Crippen LogP contribution in [0.4, 0.5) is 0 Å². The van der Waals surface area contributed by atoms with Crippen molar-refractivity contribution in [2.75, 3.05) is 6.54 Å². The molecular weight excluding hydrogens is 316 g/mol. The van der Waals surface area contributed by atoms with Gasteiger partial charge in [-0.1, -0.05) is 30.3 Å². The van der Waals surface area contributed by atoms with Crippen LogP contribution in [0.15, 0.2) is 36.4 Å². The molecule has 7 nitrogen and oxygen atoms in total. The van der Waals surface area contributed by atoms with Gasteiger partial charge < -0.3 is 5.32 Å². The van der Waals surface area contributed by atoms with Gasteiger partial charge in [0.05, 0.1) is 0 Å². The highest BCUT2D eigenvalue weighted by atomic mass is 16.1. The fraction of sp³-hybridized carbons (Fsp3) is 0.333. The number of aromatic nitrogens is 5. The zero-order valence-corrected chi connectivity index (χ0v) is 14.1. The molecule has 0 saturated heterocycles. The van der Waals surface area contributed by atoms with E-state index in [2.05, 4.69) is 25.6 Å². The number of nitrogens with one attached hydrogen (secondary N) is 2. The molecule has 0 radical (unpaired) electrons. The first kappa shape index (κ1) is 15.6. The molecule has 1 fully saturated rings. The monoisotopic (exact) mass is 336 g/mol. The second kappa shape index (κ2) is 6.51. The second-order valence-corrected chi connectivity index (χ2v) is 6.33. The number of carbonyl (C=O) groups is 1. The van der Waals surface area contributed by atoms with Crippen molar-refractivity contribution in [3.63, 3.8) is 0 Å². The molecule has 2 N–H and O–H groups in total. The molecule has 1 aliphatic carbocycles. The zero-order valence-electron chi connectivity index (χ0n) is 14.1. The van der Waals surface area contributed by atoms with E-state index in [0.29, 0.717) is 30.4 Å². The van der Waals surface area contributed by atoms with E-state index in [4.69, 9.17) is 0 Å². The smallest absolute Gasteiger partial charge is 0.271 e. The summed E-state index contributed by atoms with van der Waals surface area (Å²) in [4.78, 5) is 16.7. The van der Waals surface area contributed by atoms with Gasteiger partial charge in [0.15, 0.2) is 5.82 Å². The van der Waals surface area contributed by atoms with E-state index < -0.39 is 0 Å². The first-order valence-corrected chi connectivity index (χ1v) is 8.49. The predicted octanol–water partition coefficient (Wildman–Crippen LogP) is 2.06. The van der Waals surface area contributed by atoms with Gasteiger partial charge in [0.2, 0.25) is 0 Å². The maximum Gasteiger partial charge on any atom is 0.271 e. The quantitative estimate of drug-likeness (QED) is 0.721. The Morgan fingerprint density at radius 1 is 1.32 bits per heavy atom. The lowest BCUT2D eigenvalue weighted by molar-refractivity contribution is 0.0948. The highest BCUT2D eigenvalue weighted by molar-refractivity contribution is 5.92. The summed E-state index contributed by atoms with van der Waals surface area (Å²) in [6.07, 6.45) is 2.97. The van der Waals surface area contributed by atoms with E-state index in [-0.39, 0.29) is 5.91 Å². The van der Waals surface area contributed by atoms with Crippen molar-refractivity contribution in [2.24, 2.45) is 7.05 Å². The van der Waals surface area contributed by atoms with Crippen LogP contribution in [0, 0.1) is 0 Å². The maximum absolute atomic E-state index is 12.2. The number of aryl methyl sites for hydroxylation is 1. The van der Waals surface area contributed by atoms with Crippen molar-refractivity contribution in [3.8, 4) is 11.4 Å². The summed E-state index contributed by atoms with van der Waals surface area (Å²) in [5.41, 5.74) is 2.59. The molecule has 7 heteroatoms. The van der Waals surface area contributed by atoms with Crippen LogP contribution >= 0.6 is 0 Å². The van der Waals surface area contributed by atoms with Crippen LogP contribution in [0.3, 0.4) is 0 Å². The Balaban J connectivity index is 1.32. The Labute approximate surface area is 145 Å². The standard InChI is InChI=1S/C18H20N6O/c1-24-15(12-7-8-12)11-14(23-24)18(25)19-10-9-16-20-17(22-21-16)13-5-3-2-4-6-13/h2-6,11-12H,7-10H2,1H3,(H,19,25)(H,20,21,22). The average molecular weight is 336 g/mol. The number of benzene rings is 1. The largest absolute Gasteiger partial charge is 0.350 e. The van der Waals surface area contributed by atoms with Gasteiger partial charge in [-0.25, -0.2) is 4.98 Å². The van der Waals surface area contributed by atoms with Crippen LogP contribution in [-0.4, -0.2) is 37.4 Å². The molecule has 1 saturated carbocycles. The summed E-state index contributed by atoms with van der Waals surface area (Å²) >= 11 is 0. The lowest BCUT2D eigenvalue weighted by Gasteiger charge is -2.00. The van der Waals surface area contributed by atoms with Gasteiger partial charge in [0.1, 0.15) is 11.5 Å². The summed E-state index contributed by atoms with van der Waals surface area (Å²) in [5.74, 6) is 1.84. The molecule has 0 spiro atoms. The van der Waals surface area contributed by atoms with Gasteiger partial charge in [-0.3, -0.25) is 14.6 Å². The lowest BCUT2D eigenvalue weighted by atomic mass is 10.2. The van der Waals surface area contributed by atoms with Gasteiger partial charge in [0.25, 0.3) is 5.91 Å². The van der Waals surface area contributed by atoms with Crippen molar-refractivity contribution in [1.29, 1.82) is 0 Å². The highest BCUT2D eigenvalue weighted by Gasteiger charge is 2.28. The third-order valence-electron chi connectivity index (χ3n) is 4.36.